The number of nitrogens with two attached hydrogens (primary N) is 1. The molecule has 0 amide bonds. The Morgan fingerprint density at radius 2 is 1.86 bits per heavy atom. The fraction of sp³-hybridized carbons (Fsp3) is 0.0667. The molecule has 22 heavy (non-hydrogen) atoms. The SMILES string of the molecule is NC(=NCc1ccccc1)N/N=C/c1ccc([N+](=O)[O-])cc1. The van der Waals surface area contributed by atoms with Gasteiger partial charge in [0.2, 0.25) is 5.96 Å². The van der Waals surface area contributed by atoms with E-state index < -0.39 is 4.92 Å². The fourth-order valence-electron chi connectivity index (χ4n) is 1.65. The monoisotopic (exact) mass is 297 g/mol. The molecule has 0 aliphatic carbocycles. The van der Waals surface area contributed by atoms with Gasteiger partial charge in [-0.15, -0.1) is 0 Å². The number of hydrogen-bond donors (Lipinski definition) is 2. The molecule has 7 heteroatoms. The highest BCUT2D eigenvalue weighted by Gasteiger charge is 2.02. The highest BCUT2D eigenvalue weighted by Crippen LogP contribution is 2.10. The van der Waals surface area contributed by atoms with Crippen LogP contribution in [0.3, 0.4) is 0 Å². The van der Waals surface area contributed by atoms with Gasteiger partial charge in [-0.05, 0) is 23.3 Å². The van der Waals surface area contributed by atoms with Crippen LogP contribution >= 0.6 is 0 Å². The molecule has 0 fully saturated rings. The van der Waals surface area contributed by atoms with E-state index in [9.17, 15) is 10.1 Å². The largest absolute Gasteiger partial charge is 0.369 e. The molecule has 0 saturated heterocycles. The second-order valence-corrected chi connectivity index (χ2v) is 4.41. The second-order valence-electron chi connectivity index (χ2n) is 4.41. The number of hydrazone groups is 1. The highest BCUT2D eigenvalue weighted by molar-refractivity contribution is 5.83. The van der Waals surface area contributed by atoms with Crippen molar-refractivity contribution in [2.75, 3.05) is 0 Å². The van der Waals surface area contributed by atoms with Gasteiger partial charge >= 0.3 is 0 Å². The molecule has 2 aromatic carbocycles. The van der Waals surface area contributed by atoms with Crippen LogP contribution in [0.25, 0.3) is 0 Å². The van der Waals surface area contributed by atoms with Crippen LogP contribution < -0.4 is 11.2 Å². The third-order valence-corrected chi connectivity index (χ3v) is 2.77. The molecule has 2 rings (SSSR count). The minimum absolute atomic E-state index is 0.0362. The zero-order valence-electron chi connectivity index (χ0n) is 11.7. The van der Waals surface area contributed by atoms with E-state index in [0.717, 1.165) is 5.56 Å². The standard InChI is InChI=1S/C15H15N5O2/c16-15(17-10-12-4-2-1-3-5-12)19-18-11-13-6-8-14(9-7-13)20(21)22/h1-9,11H,10H2,(H3,16,17,19)/b18-11+. The lowest BCUT2D eigenvalue weighted by atomic mass is 10.2. The van der Waals surface area contributed by atoms with Gasteiger partial charge in [-0.25, -0.2) is 10.4 Å². The molecule has 0 heterocycles. The number of nitrogens with zero attached hydrogens (tertiary/aromatic N) is 3. The third-order valence-electron chi connectivity index (χ3n) is 2.77. The van der Waals surface area contributed by atoms with Gasteiger partial charge in [0, 0.05) is 12.1 Å². The lowest BCUT2D eigenvalue weighted by Gasteiger charge is -2.00. The summed E-state index contributed by atoms with van der Waals surface area (Å²) < 4.78 is 0. The number of non-ortho nitro benzene ring substituents is 1. The van der Waals surface area contributed by atoms with Crippen LogP contribution in [0.4, 0.5) is 5.69 Å². The Hall–Kier alpha value is -3.22. The number of benzene rings is 2. The summed E-state index contributed by atoms with van der Waals surface area (Å²) in [5, 5.41) is 14.5. The molecule has 0 aliphatic rings. The Balaban J connectivity index is 1.87. The van der Waals surface area contributed by atoms with E-state index in [1.54, 1.807) is 12.1 Å². The van der Waals surface area contributed by atoms with Crippen molar-refractivity contribution in [2.24, 2.45) is 15.8 Å². The lowest BCUT2D eigenvalue weighted by molar-refractivity contribution is -0.384. The molecule has 0 spiro atoms. The van der Waals surface area contributed by atoms with Gasteiger partial charge in [-0.1, -0.05) is 30.3 Å². The summed E-state index contributed by atoms with van der Waals surface area (Å²) in [4.78, 5) is 14.2. The van der Waals surface area contributed by atoms with E-state index in [-0.39, 0.29) is 11.6 Å². The van der Waals surface area contributed by atoms with Crippen molar-refractivity contribution < 1.29 is 4.92 Å². The number of nitrogens with one attached hydrogen (secondary N) is 1. The Morgan fingerprint density at radius 3 is 2.50 bits per heavy atom. The van der Waals surface area contributed by atoms with E-state index in [2.05, 4.69) is 15.5 Å². The first-order valence-corrected chi connectivity index (χ1v) is 6.52. The summed E-state index contributed by atoms with van der Waals surface area (Å²) in [5.74, 6) is 0.196. The minimum Gasteiger partial charge on any atom is -0.369 e. The zero-order valence-corrected chi connectivity index (χ0v) is 11.7. The maximum atomic E-state index is 10.5. The summed E-state index contributed by atoms with van der Waals surface area (Å²) >= 11 is 0. The van der Waals surface area contributed by atoms with Gasteiger partial charge < -0.3 is 5.73 Å². The summed E-state index contributed by atoms with van der Waals surface area (Å²) in [7, 11) is 0. The number of nitro groups is 1. The molecule has 0 atom stereocenters. The highest BCUT2D eigenvalue weighted by atomic mass is 16.6. The van der Waals surface area contributed by atoms with Crippen molar-refractivity contribution in [3.8, 4) is 0 Å². The summed E-state index contributed by atoms with van der Waals surface area (Å²) in [5.41, 5.74) is 10.1. The average Bonchev–Trinajstić information content (AvgIpc) is 2.54. The van der Waals surface area contributed by atoms with Crippen LogP contribution in [0.15, 0.2) is 64.7 Å². The zero-order chi connectivity index (χ0) is 15.8. The van der Waals surface area contributed by atoms with Crippen LogP contribution in [0, 0.1) is 10.1 Å². The van der Waals surface area contributed by atoms with Crippen LogP contribution in [0.2, 0.25) is 0 Å². The van der Waals surface area contributed by atoms with Crippen molar-refractivity contribution in [1.82, 2.24) is 5.43 Å². The predicted molar refractivity (Wildman–Crippen MR) is 85.6 cm³/mol. The number of rotatable bonds is 5. The molecule has 0 aromatic heterocycles. The van der Waals surface area contributed by atoms with Gasteiger partial charge in [0.05, 0.1) is 17.7 Å². The van der Waals surface area contributed by atoms with E-state index in [4.69, 9.17) is 5.73 Å². The molecule has 0 unspecified atom stereocenters. The van der Waals surface area contributed by atoms with E-state index in [1.165, 1.54) is 18.3 Å². The number of aliphatic imine (C=N–C) groups is 1. The molecule has 3 N–H and O–H groups in total. The van der Waals surface area contributed by atoms with Crippen molar-refractivity contribution in [3.63, 3.8) is 0 Å². The molecule has 0 bridgehead atoms. The Morgan fingerprint density at radius 1 is 1.18 bits per heavy atom. The molecule has 0 radical (unpaired) electrons. The summed E-state index contributed by atoms with van der Waals surface area (Å²) in [6.45, 7) is 0.465. The molecular formula is C15H15N5O2. The topological polar surface area (TPSA) is 106 Å². The lowest BCUT2D eigenvalue weighted by Crippen LogP contribution is -2.27. The van der Waals surface area contributed by atoms with E-state index in [0.29, 0.717) is 12.1 Å². The van der Waals surface area contributed by atoms with Crippen molar-refractivity contribution in [1.29, 1.82) is 0 Å². The second kappa shape index (κ2) is 7.53. The average molecular weight is 297 g/mol. The van der Waals surface area contributed by atoms with Gasteiger partial charge in [0.25, 0.3) is 5.69 Å². The first kappa shape index (κ1) is 15.2. The fourth-order valence-corrected chi connectivity index (χ4v) is 1.65. The minimum atomic E-state index is -0.451. The van der Waals surface area contributed by atoms with E-state index in [1.807, 2.05) is 30.3 Å². The Labute approximate surface area is 127 Å². The van der Waals surface area contributed by atoms with Crippen molar-refractivity contribution >= 4 is 17.9 Å². The van der Waals surface area contributed by atoms with E-state index >= 15 is 0 Å². The van der Waals surface area contributed by atoms with Gasteiger partial charge in [-0.2, -0.15) is 5.10 Å². The van der Waals surface area contributed by atoms with Gasteiger partial charge in [-0.3, -0.25) is 10.1 Å². The van der Waals surface area contributed by atoms with Crippen LogP contribution in [-0.4, -0.2) is 17.1 Å². The van der Waals surface area contributed by atoms with Crippen molar-refractivity contribution in [2.45, 2.75) is 6.54 Å². The molecule has 0 aliphatic heterocycles. The molecular weight excluding hydrogens is 282 g/mol. The predicted octanol–water partition coefficient (Wildman–Crippen LogP) is 2.03. The van der Waals surface area contributed by atoms with Crippen LogP contribution in [-0.2, 0) is 6.54 Å². The van der Waals surface area contributed by atoms with Crippen LogP contribution in [0.5, 0.6) is 0 Å². The smallest absolute Gasteiger partial charge is 0.269 e. The maximum absolute atomic E-state index is 10.5. The number of nitro benzene ring substituents is 1. The summed E-state index contributed by atoms with van der Waals surface area (Å²) in [6, 6.07) is 15.7. The quantitative estimate of drug-likeness (QED) is 0.381. The maximum Gasteiger partial charge on any atom is 0.269 e. The number of hydrogen-bond acceptors (Lipinski definition) is 4. The normalized spacial score (nSPS) is 11.5. The molecule has 7 nitrogen and oxygen atoms in total. The Kier molecular flexibility index (Phi) is 5.20. The number of guanidine groups is 1. The molecule has 2 aromatic rings. The first-order valence-electron chi connectivity index (χ1n) is 6.52. The first-order chi connectivity index (χ1) is 10.6. The Bertz CT molecular complexity index is 681. The van der Waals surface area contributed by atoms with Gasteiger partial charge in [0.15, 0.2) is 0 Å². The summed E-state index contributed by atoms with van der Waals surface area (Å²) in [6.07, 6.45) is 1.51. The van der Waals surface area contributed by atoms with Crippen molar-refractivity contribution in [3.05, 3.63) is 75.8 Å². The van der Waals surface area contributed by atoms with Crippen LogP contribution in [0.1, 0.15) is 11.1 Å². The van der Waals surface area contributed by atoms with Gasteiger partial charge in [0.1, 0.15) is 0 Å². The third kappa shape index (κ3) is 4.71. The molecule has 0 saturated carbocycles. The molecule has 112 valence electrons.